The van der Waals surface area contributed by atoms with Gasteiger partial charge in [0, 0.05) is 7.05 Å². The SMILES string of the molecule is CN(Cc1ccco1)C(=O)c1ccccc1NS(C)(=O)=O. The van der Waals surface area contributed by atoms with Gasteiger partial charge < -0.3 is 9.32 Å². The van der Waals surface area contributed by atoms with E-state index in [9.17, 15) is 13.2 Å². The molecule has 0 aliphatic rings. The van der Waals surface area contributed by atoms with E-state index in [1.54, 1.807) is 43.4 Å². The predicted molar refractivity (Wildman–Crippen MR) is 79.4 cm³/mol. The quantitative estimate of drug-likeness (QED) is 0.915. The molecule has 0 aliphatic carbocycles. The van der Waals surface area contributed by atoms with Crippen molar-refractivity contribution >= 4 is 21.6 Å². The summed E-state index contributed by atoms with van der Waals surface area (Å²) in [5.41, 5.74) is 0.549. The fourth-order valence-corrected chi connectivity index (χ4v) is 2.45. The topological polar surface area (TPSA) is 79.6 Å². The van der Waals surface area contributed by atoms with Crippen LogP contribution in [0.2, 0.25) is 0 Å². The van der Waals surface area contributed by atoms with E-state index in [2.05, 4.69) is 4.72 Å². The number of hydrogen-bond donors (Lipinski definition) is 1. The average molecular weight is 308 g/mol. The van der Waals surface area contributed by atoms with Crippen molar-refractivity contribution in [3.63, 3.8) is 0 Å². The Hall–Kier alpha value is -2.28. The molecule has 0 fully saturated rings. The van der Waals surface area contributed by atoms with Crippen molar-refractivity contribution < 1.29 is 17.6 Å². The molecule has 112 valence electrons. The Kier molecular flexibility index (Phi) is 4.32. The summed E-state index contributed by atoms with van der Waals surface area (Å²) in [7, 11) is -1.82. The third kappa shape index (κ3) is 4.09. The van der Waals surface area contributed by atoms with Gasteiger partial charge >= 0.3 is 0 Å². The van der Waals surface area contributed by atoms with E-state index in [0.29, 0.717) is 12.3 Å². The molecule has 0 saturated heterocycles. The average Bonchev–Trinajstić information content (AvgIpc) is 2.89. The molecule has 21 heavy (non-hydrogen) atoms. The van der Waals surface area contributed by atoms with Crippen molar-refractivity contribution in [2.75, 3.05) is 18.0 Å². The molecule has 0 unspecified atom stereocenters. The standard InChI is InChI=1S/C14H16N2O4S/c1-16(10-11-6-5-9-20-11)14(17)12-7-3-4-8-13(12)15-21(2,18)19/h3-9,15H,10H2,1-2H3. The first-order valence-electron chi connectivity index (χ1n) is 6.21. The number of benzene rings is 1. The largest absolute Gasteiger partial charge is 0.467 e. The van der Waals surface area contributed by atoms with E-state index in [-0.39, 0.29) is 17.2 Å². The maximum atomic E-state index is 12.4. The zero-order chi connectivity index (χ0) is 15.5. The van der Waals surface area contributed by atoms with Crippen molar-refractivity contribution in [2.24, 2.45) is 0 Å². The second-order valence-electron chi connectivity index (χ2n) is 4.66. The second kappa shape index (κ2) is 6.01. The minimum absolute atomic E-state index is 0.260. The molecule has 2 aromatic rings. The smallest absolute Gasteiger partial charge is 0.256 e. The molecule has 1 amide bonds. The Labute approximate surface area is 123 Å². The van der Waals surface area contributed by atoms with Crippen LogP contribution in [0.15, 0.2) is 47.1 Å². The van der Waals surface area contributed by atoms with Crippen LogP contribution in [0.5, 0.6) is 0 Å². The van der Waals surface area contributed by atoms with E-state index in [1.807, 2.05) is 0 Å². The van der Waals surface area contributed by atoms with Gasteiger partial charge in [-0.1, -0.05) is 12.1 Å². The van der Waals surface area contributed by atoms with Crippen LogP contribution in [0.3, 0.4) is 0 Å². The van der Waals surface area contributed by atoms with Crippen LogP contribution in [0.25, 0.3) is 0 Å². The van der Waals surface area contributed by atoms with Crippen LogP contribution in [-0.4, -0.2) is 32.5 Å². The van der Waals surface area contributed by atoms with Crippen LogP contribution < -0.4 is 4.72 Å². The molecule has 0 radical (unpaired) electrons. The number of amides is 1. The molecule has 0 bridgehead atoms. The second-order valence-corrected chi connectivity index (χ2v) is 6.41. The zero-order valence-corrected chi connectivity index (χ0v) is 12.6. The molecule has 1 aromatic heterocycles. The Balaban J connectivity index is 2.22. The van der Waals surface area contributed by atoms with Gasteiger partial charge in [0.25, 0.3) is 5.91 Å². The van der Waals surface area contributed by atoms with E-state index in [4.69, 9.17) is 4.42 Å². The van der Waals surface area contributed by atoms with Gasteiger partial charge in [-0.15, -0.1) is 0 Å². The summed E-state index contributed by atoms with van der Waals surface area (Å²) >= 11 is 0. The maximum Gasteiger partial charge on any atom is 0.256 e. The summed E-state index contributed by atoms with van der Waals surface area (Å²) in [5.74, 6) is 0.359. The van der Waals surface area contributed by atoms with Gasteiger partial charge in [0.1, 0.15) is 5.76 Å². The molecule has 7 heteroatoms. The summed E-state index contributed by atoms with van der Waals surface area (Å²) in [5, 5.41) is 0. The lowest BCUT2D eigenvalue weighted by Crippen LogP contribution is -2.27. The van der Waals surface area contributed by atoms with Crippen LogP contribution in [0.1, 0.15) is 16.1 Å². The van der Waals surface area contributed by atoms with Crippen LogP contribution >= 0.6 is 0 Å². The molecule has 0 saturated carbocycles. The van der Waals surface area contributed by atoms with Gasteiger partial charge in [0.15, 0.2) is 0 Å². The number of nitrogens with one attached hydrogen (secondary N) is 1. The van der Waals surface area contributed by atoms with Crippen LogP contribution in [0, 0.1) is 0 Å². The van der Waals surface area contributed by atoms with E-state index in [1.165, 1.54) is 11.2 Å². The maximum absolute atomic E-state index is 12.4. The molecule has 0 atom stereocenters. The van der Waals surface area contributed by atoms with Gasteiger partial charge in [0.2, 0.25) is 10.0 Å². The highest BCUT2D eigenvalue weighted by molar-refractivity contribution is 7.92. The van der Waals surface area contributed by atoms with E-state index < -0.39 is 10.0 Å². The van der Waals surface area contributed by atoms with Crippen molar-refractivity contribution in [1.29, 1.82) is 0 Å². The van der Waals surface area contributed by atoms with Crippen molar-refractivity contribution in [1.82, 2.24) is 4.90 Å². The van der Waals surface area contributed by atoms with E-state index in [0.717, 1.165) is 6.26 Å². The first-order valence-corrected chi connectivity index (χ1v) is 8.10. The highest BCUT2D eigenvalue weighted by Gasteiger charge is 2.18. The third-order valence-corrected chi connectivity index (χ3v) is 3.36. The van der Waals surface area contributed by atoms with Crippen LogP contribution in [-0.2, 0) is 16.6 Å². The lowest BCUT2D eigenvalue weighted by molar-refractivity contribution is 0.0776. The van der Waals surface area contributed by atoms with E-state index >= 15 is 0 Å². The van der Waals surface area contributed by atoms with Crippen molar-refractivity contribution in [3.8, 4) is 0 Å². The minimum atomic E-state index is -3.45. The number of furan rings is 1. The number of nitrogens with zero attached hydrogens (tertiary/aromatic N) is 1. The third-order valence-electron chi connectivity index (χ3n) is 2.77. The number of hydrogen-bond acceptors (Lipinski definition) is 4. The van der Waals surface area contributed by atoms with Gasteiger partial charge in [-0.3, -0.25) is 9.52 Å². The van der Waals surface area contributed by atoms with Gasteiger partial charge in [-0.2, -0.15) is 0 Å². The Morgan fingerprint density at radius 3 is 2.57 bits per heavy atom. The molecule has 0 aliphatic heterocycles. The first-order chi connectivity index (χ1) is 9.87. The number of anilines is 1. The number of carbonyl (C=O) groups excluding carboxylic acids is 1. The lowest BCUT2D eigenvalue weighted by atomic mass is 10.1. The molecule has 6 nitrogen and oxygen atoms in total. The molecular formula is C14H16N2O4S. The van der Waals surface area contributed by atoms with Crippen molar-refractivity contribution in [3.05, 3.63) is 54.0 Å². The summed E-state index contributed by atoms with van der Waals surface area (Å²) in [6.07, 6.45) is 2.58. The summed E-state index contributed by atoms with van der Waals surface area (Å²) < 4.78 is 30.2. The highest BCUT2D eigenvalue weighted by Crippen LogP contribution is 2.19. The summed E-state index contributed by atoms with van der Waals surface area (Å²) in [4.78, 5) is 13.9. The van der Waals surface area contributed by atoms with Gasteiger partial charge in [-0.25, -0.2) is 8.42 Å². The minimum Gasteiger partial charge on any atom is -0.467 e. The molecule has 1 heterocycles. The highest BCUT2D eigenvalue weighted by atomic mass is 32.2. The molecule has 1 N–H and O–H groups in total. The summed E-state index contributed by atoms with van der Waals surface area (Å²) in [6, 6.07) is 9.99. The zero-order valence-electron chi connectivity index (χ0n) is 11.7. The monoisotopic (exact) mass is 308 g/mol. The molecular weight excluding hydrogens is 292 g/mol. The Morgan fingerprint density at radius 2 is 1.95 bits per heavy atom. The molecule has 0 spiro atoms. The number of carbonyl (C=O) groups is 1. The summed E-state index contributed by atoms with van der Waals surface area (Å²) in [6.45, 7) is 0.305. The van der Waals surface area contributed by atoms with Crippen molar-refractivity contribution in [2.45, 2.75) is 6.54 Å². The number of sulfonamides is 1. The molecule has 1 aromatic carbocycles. The predicted octanol–water partition coefficient (Wildman–Crippen LogP) is 1.92. The first kappa shape index (κ1) is 15.1. The fraction of sp³-hybridized carbons (Fsp3) is 0.214. The Bertz CT molecular complexity index is 723. The lowest BCUT2D eigenvalue weighted by Gasteiger charge is -2.18. The number of rotatable bonds is 5. The Morgan fingerprint density at radius 1 is 1.24 bits per heavy atom. The normalized spacial score (nSPS) is 11.1. The van der Waals surface area contributed by atoms with Gasteiger partial charge in [-0.05, 0) is 24.3 Å². The molecule has 2 rings (SSSR count). The number of para-hydroxylation sites is 1. The fourth-order valence-electron chi connectivity index (χ4n) is 1.87. The van der Waals surface area contributed by atoms with Crippen LogP contribution in [0.4, 0.5) is 5.69 Å². The van der Waals surface area contributed by atoms with Gasteiger partial charge in [0.05, 0.1) is 30.3 Å².